The van der Waals surface area contributed by atoms with Crippen LogP contribution in [0.2, 0.25) is 0 Å². The Morgan fingerprint density at radius 1 is 1.38 bits per heavy atom. The zero-order valence-corrected chi connectivity index (χ0v) is 10.9. The summed E-state index contributed by atoms with van der Waals surface area (Å²) in [5.74, 6) is 3.72. The SMILES string of the molecule is CC1=C[C@H]2[C@@H](CC1)[C@H](C)CC[C@@H]2C(C)CO. The highest BCUT2D eigenvalue weighted by atomic mass is 16.3. The van der Waals surface area contributed by atoms with Crippen LogP contribution in [0, 0.1) is 29.6 Å². The molecule has 1 unspecified atom stereocenters. The highest BCUT2D eigenvalue weighted by Gasteiger charge is 2.39. The van der Waals surface area contributed by atoms with E-state index in [9.17, 15) is 5.11 Å². The van der Waals surface area contributed by atoms with Crippen LogP contribution < -0.4 is 0 Å². The first-order chi connectivity index (χ1) is 7.63. The molecule has 0 aliphatic heterocycles. The number of aliphatic hydroxyl groups is 1. The van der Waals surface area contributed by atoms with Crippen LogP contribution in [-0.2, 0) is 0 Å². The van der Waals surface area contributed by atoms with E-state index in [1.807, 2.05) is 0 Å². The second-order valence-corrected chi connectivity index (χ2v) is 6.17. The quantitative estimate of drug-likeness (QED) is 0.707. The summed E-state index contributed by atoms with van der Waals surface area (Å²) in [5.41, 5.74) is 1.57. The highest BCUT2D eigenvalue weighted by Crippen LogP contribution is 2.47. The lowest BCUT2D eigenvalue weighted by molar-refractivity contribution is 0.0590. The molecule has 2 aliphatic carbocycles. The Hall–Kier alpha value is -0.300. The molecule has 2 rings (SSSR count). The number of aliphatic hydroxyl groups excluding tert-OH is 1. The van der Waals surface area contributed by atoms with Gasteiger partial charge in [0.15, 0.2) is 0 Å². The van der Waals surface area contributed by atoms with Crippen molar-refractivity contribution < 1.29 is 5.11 Å². The molecule has 5 atom stereocenters. The summed E-state index contributed by atoms with van der Waals surface area (Å²) in [6.45, 7) is 7.27. The summed E-state index contributed by atoms with van der Waals surface area (Å²) in [7, 11) is 0. The summed E-state index contributed by atoms with van der Waals surface area (Å²) in [6, 6.07) is 0. The van der Waals surface area contributed by atoms with Crippen LogP contribution in [0.4, 0.5) is 0 Å². The summed E-state index contributed by atoms with van der Waals surface area (Å²) < 4.78 is 0. The summed E-state index contributed by atoms with van der Waals surface area (Å²) in [4.78, 5) is 0. The molecule has 0 bridgehead atoms. The molecule has 0 aromatic heterocycles. The van der Waals surface area contributed by atoms with Gasteiger partial charge in [0.2, 0.25) is 0 Å². The van der Waals surface area contributed by atoms with Gasteiger partial charge >= 0.3 is 0 Å². The molecule has 0 radical (unpaired) electrons. The first kappa shape index (κ1) is 12.2. The third-order valence-electron chi connectivity index (χ3n) is 5.04. The molecule has 16 heavy (non-hydrogen) atoms. The van der Waals surface area contributed by atoms with Crippen molar-refractivity contribution in [3.05, 3.63) is 11.6 Å². The van der Waals surface area contributed by atoms with Crippen molar-refractivity contribution in [3.63, 3.8) is 0 Å². The molecule has 0 spiro atoms. The van der Waals surface area contributed by atoms with Crippen molar-refractivity contribution in [2.75, 3.05) is 6.61 Å². The van der Waals surface area contributed by atoms with Crippen LogP contribution in [-0.4, -0.2) is 11.7 Å². The zero-order valence-electron chi connectivity index (χ0n) is 10.9. The third kappa shape index (κ3) is 2.20. The maximum absolute atomic E-state index is 9.39. The van der Waals surface area contributed by atoms with Crippen LogP contribution in [0.3, 0.4) is 0 Å². The minimum Gasteiger partial charge on any atom is -0.396 e. The molecule has 2 aliphatic rings. The van der Waals surface area contributed by atoms with Crippen molar-refractivity contribution in [3.8, 4) is 0 Å². The van der Waals surface area contributed by atoms with E-state index < -0.39 is 0 Å². The zero-order chi connectivity index (χ0) is 11.7. The topological polar surface area (TPSA) is 20.2 Å². The number of hydrogen-bond acceptors (Lipinski definition) is 1. The molecular formula is C15H26O. The fraction of sp³-hybridized carbons (Fsp3) is 0.867. The Morgan fingerprint density at radius 2 is 2.12 bits per heavy atom. The van der Waals surface area contributed by atoms with Crippen LogP contribution in [0.15, 0.2) is 11.6 Å². The van der Waals surface area contributed by atoms with Crippen molar-refractivity contribution in [2.45, 2.75) is 46.5 Å². The molecule has 1 nitrogen and oxygen atoms in total. The average molecular weight is 222 g/mol. The number of allylic oxidation sites excluding steroid dienone is 2. The lowest BCUT2D eigenvalue weighted by Crippen LogP contribution is -2.38. The molecule has 0 saturated heterocycles. The van der Waals surface area contributed by atoms with Crippen molar-refractivity contribution in [1.82, 2.24) is 0 Å². The molecular weight excluding hydrogens is 196 g/mol. The summed E-state index contributed by atoms with van der Waals surface area (Å²) >= 11 is 0. The second kappa shape index (κ2) is 4.91. The second-order valence-electron chi connectivity index (χ2n) is 6.17. The van der Waals surface area contributed by atoms with Gasteiger partial charge in [0.05, 0.1) is 0 Å². The van der Waals surface area contributed by atoms with Gasteiger partial charge < -0.3 is 5.11 Å². The van der Waals surface area contributed by atoms with Crippen LogP contribution in [0.1, 0.15) is 46.5 Å². The summed E-state index contributed by atoms with van der Waals surface area (Å²) in [5, 5.41) is 9.39. The molecule has 0 aromatic rings. The molecule has 92 valence electrons. The first-order valence-corrected chi connectivity index (χ1v) is 6.91. The molecule has 0 amide bonds. The normalized spacial score (nSPS) is 41.1. The Morgan fingerprint density at radius 3 is 2.81 bits per heavy atom. The molecule has 1 heteroatoms. The van der Waals surface area contributed by atoms with Gasteiger partial charge in [-0.15, -0.1) is 0 Å². The molecule has 1 saturated carbocycles. The largest absolute Gasteiger partial charge is 0.396 e. The lowest BCUT2D eigenvalue weighted by Gasteiger charge is -2.45. The van der Waals surface area contributed by atoms with E-state index in [1.165, 1.54) is 25.7 Å². The van der Waals surface area contributed by atoms with E-state index in [0.29, 0.717) is 12.5 Å². The maximum atomic E-state index is 9.39. The maximum Gasteiger partial charge on any atom is 0.0459 e. The van der Waals surface area contributed by atoms with Gasteiger partial charge in [-0.3, -0.25) is 0 Å². The average Bonchev–Trinajstić information content (AvgIpc) is 2.28. The lowest BCUT2D eigenvalue weighted by atomic mass is 9.60. The number of rotatable bonds is 2. The van der Waals surface area contributed by atoms with Crippen molar-refractivity contribution in [2.24, 2.45) is 29.6 Å². The Kier molecular flexibility index (Phi) is 3.73. The van der Waals surface area contributed by atoms with Crippen LogP contribution in [0.25, 0.3) is 0 Å². The summed E-state index contributed by atoms with van der Waals surface area (Å²) in [6.07, 6.45) is 7.88. The van der Waals surface area contributed by atoms with E-state index >= 15 is 0 Å². The molecule has 0 heterocycles. The predicted octanol–water partition coefficient (Wildman–Crippen LogP) is 3.63. The smallest absolute Gasteiger partial charge is 0.0459 e. The highest BCUT2D eigenvalue weighted by molar-refractivity contribution is 5.11. The number of fused-ring (bicyclic) bond motifs is 1. The predicted molar refractivity (Wildman–Crippen MR) is 68.1 cm³/mol. The standard InChI is InChI=1S/C15H26O/c1-10-4-6-13-11(2)5-7-14(12(3)9-16)15(13)8-10/h8,11-16H,4-7,9H2,1-3H3/t11-,12?,13+,14-,15+/m1/s1. The van der Waals surface area contributed by atoms with Gasteiger partial charge in [-0.1, -0.05) is 31.9 Å². The van der Waals surface area contributed by atoms with E-state index in [0.717, 1.165) is 23.7 Å². The van der Waals surface area contributed by atoms with Gasteiger partial charge in [-0.05, 0) is 55.8 Å². The fourth-order valence-corrected chi connectivity index (χ4v) is 3.89. The first-order valence-electron chi connectivity index (χ1n) is 6.91. The number of hydrogen-bond donors (Lipinski definition) is 1. The van der Waals surface area contributed by atoms with Crippen LogP contribution >= 0.6 is 0 Å². The van der Waals surface area contributed by atoms with Crippen molar-refractivity contribution in [1.29, 1.82) is 0 Å². The Bertz CT molecular complexity index is 269. The van der Waals surface area contributed by atoms with Gasteiger partial charge in [0.1, 0.15) is 0 Å². The monoisotopic (exact) mass is 222 g/mol. The van der Waals surface area contributed by atoms with E-state index in [-0.39, 0.29) is 0 Å². The van der Waals surface area contributed by atoms with Gasteiger partial charge in [-0.2, -0.15) is 0 Å². The minimum atomic E-state index is 0.356. The van der Waals surface area contributed by atoms with Gasteiger partial charge in [0, 0.05) is 6.61 Å². The molecule has 0 aromatic carbocycles. The van der Waals surface area contributed by atoms with E-state index in [1.54, 1.807) is 5.57 Å². The third-order valence-corrected chi connectivity index (χ3v) is 5.04. The van der Waals surface area contributed by atoms with Crippen LogP contribution in [0.5, 0.6) is 0 Å². The van der Waals surface area contributed by atoms with E-state index in [4.69, 9.17) is 0 Å². The van der Waals surface area contributed by atoms with E-state index in [2.05, 4.69) is 26.8 Å². The Labute approximate surface area is 99.9 Å². The minimum absolute atomic E-state index is 0.356. The molecule has 1 N–H and O–H groups in total. The Balaban J connectivity index is 2.18. The van der Waals surface area contributed by atoms with Crippen molar-refractivity contribution >= 4 is 0 Å². The van der Waals surface area contributed by atoms with Gasteiger partial charge in [0.25, 0.3) is 0 Å². The molecule has 1 fully saturated rings. The van der Waals surface area contributed by atoms with Gasteiger partial charge in [-0.25, -0.2) is 0 Å². The fourth-order valence-electron chi connectivity index (χ4n) is 3.89.